The van der Waals surface area contributed by atoms with Crippen molar-refractivity contribution in [3.8, 4) is 0 Å². The number of benzene rings is 1. The Morgan fingerprint density at radius 2 is 2.04 bits per heavy atom. The van der Waals surface area contributed by atoms with Gasteiger partial charge in [-0.05, 0) is 34.1 Å². The first kappa shape index (κ1) is 17.9. The molecule has 122 valence electrons. The summed E-state index contributed by atoms with van der Waals surface area (Å²) in [6, 6.07) is 9.14. The van der Waals surface area contributed by atoms with Crippen molar-refractivity contribution >= 4 is 51.1 Å². The Bertz CT molecular complexity index is 720. The van der Waals surface area contributed by atoms with Crippen molar-refractivity contribution in [2.75, 3.05) is 5.75 Å². The smallest absolute Gasteiger partial charge is 0.286 e. The number of aryl methyl sites for hydroxylation is 1. The van der Waals surface area contributed by atoms with E-state index in [4.69, 9.17) is 11.6 Å². The monoisotopic (exact) mass is 415 g/mol. The molecule has 23 heavy (non-hydrogen) atoms. The summed E-state index contributed by atoms with van der Waals surface area (Å²) in [6.07, 6.45) is 2.03. The van der Waals surface area contributed by atoms with Gasteiger partial charge in [0.25, 0.3) is 5.91 Å². The predicted molar refractivity (Wildman–Crippen MR) is 95.5 cm³/mol. The number of amides is 2. The molecule has 0 aliphatic rings. The number of halogens is 2. The van der Waals surface area contributed by atoms with E-state index < -0.39 is 0 Å². The molecule has 1 heterocycles. The maximum atomic E-state index is 11.9. The van der Waals surface area contributed by atoms with Crippen LogP contribution in [0.2, 0.25) is 5.02 Å². The molecule has 1 aromatic heterocycles. The van der Waals surface area contributed by atoms with Gasteiger partial charge in [0.15, 0.2) is 0 Å². The van der Waals surface area contributed by atoms with Gasteiger partial charge < -0.3 is 4.57 Å². The van der Waals surface area contributed by atoms with Gasteiger partial charge in [-0.2, -0.15) is 0 Å². The Balaban J connectivity index is 1.74. The molecular formula is C15H15BrClN3O2S. The van der Waals surface area contributed by atoms with Gasteiger partial charge >= 0.3 is 0 Å². The van der Waals surface area contributed by atoms with E-state index in [0.29, 0.717) is 16.5 Å². The summed E-state index contributed by atoms with van der Waals surface area (Å²) in [6.45, 7) is 0. The van der Waals surface area contributed by atoms with Crippen LogP contribution in [0.15, 0.2) is 45.9 Å². The largest absolute Gasteiger partial charge is 0.345 e. The minimum atomic E-state index is -0.370. The molecule has 0 bridgehead atoms. The van der Waals surface area contributed by atoms with E-state index in [0.717, 1.165) is 9.37 Å². The van der Waals surface area contributed by atoms with Crippen molar-refractivity contribution in [1.29, 1.82) is 0 Å². The molecule has 1 aromatic carbocycles. The quantitative estimate of drug-likeness (QED) is 0.580. The van der Waals surface area contributed by atoms with Gasteiger partial charge in [0.2, 0.25) is 5.91 Å². The Morgan fingerprint density at radius 3 is 2.70 bits per heavy atom. The minimum Gasteiger partial charge on any atom is -0.345 e. The molecule has 0 fully saturated rings. The number of carbonyl (C=O) groups excluding carboxylic acids is 2. The normalized spacial score (nSPS) is 10.4. The van der Waals surface area contributed by atoms with Crippen LogP contribution >= 0.6 is 39.3 Å². The van der Waals surface area contributed by atoms with Crippen molar-refractivity contribution in [2.24, 2.45) is 7.05 Å². The highest BCUT2D eigenvalue weighted by atomic mass is 79.9. The molecule has 0 aliphatic carbocycles. The van der Waals surface area contributed by atoms with Crippen LogP contribution in [0.3, 0.4) is 0 Å². The molecule has 0 aliphatic heterocycles. The minimum absolute atomic E-state index is 0.258. The first-order chi connectivity index (χ1) is 11.0. The maximum absolute atomic E-state index is 11.9. The summed E-state index contributed by atoms with van der Waals surface area (Å²) < 4.78 is 2.46. The van der Waals surface area contributed by atoms with Gasteiger partial charge in [-0.1, -0.05) is 23.7 Å². The van der Waals surface area contributed by atoms with Crippen LogP contribution in [0.5, 0.6) is 0 Å². The van der Waals surface area contributed by atoms with Crippen LogP contribution in [0, 0.1) is 0 Å². The fraction of sp³-hybridized carbons (Fsp3) is 0.200. The lowest BCUT2D eigenvalue weighted by atomic mass is 10.4. The molecule has 0 spiro atoms. The van der Waals surface area contributed by atoms with Crippen molar-refractivity contribution in [2.45, 2.75) is 11.3 Å². The second-order valence-electron chi connectivity index (χ2n) is 4.69. The third kappa shape index (κ3) is 5.30. The van der Waals surface area contributed by atoms with E-state index in [1.165, 1.54) is 11.8 Å². The molecule has 0 unspecified atom stereocenters. The van der Waals surface area contributed by atoms with Crippen molar-refractivity contribution in [1.82, 2.24) is 15.4 Å². The van der Waals surface area contributed by atoms with Crippen LogP contribution in [0.25, 0.3) is 0 Å². The predicted octanol–water partition coefficient (Wildman–Crippen LogP) is 3.38. The zero-order valence-electron chi connectivity index (χ0n) is 12.3. The number of hydrazine groups is 1. The van der Waals surface area contributed by atoms with Gasteiger partial charge in [0.1, 0.15) is 5.69 Å². The highest BCUT2D eigenvalue weighted by Crippen LogP contribution is 2.26. The average Bonchev–Trinajstić information content (AvgIpc) is 2.85. The number of hydrogen-bond donors (Lipinski definition) is 2. The molecule has 0 atom stereocenters. The van der Waals surface area contributed by atoms with Crippen LogP contribution < -0.4 is 10.9 Å². The molecule has 0 saturated heterocycles. The highest BCUT2D eigenvalue weighted by Gasteiger charge is 2.12. The fourth-order valence-electron chi connectivity index (χ4n) is 1.82. The summed E-state index contributed by atoms with van der Waals surface area (Å²) in [5.41, 5.74) is 5.25. The molecular weight excluding hydrogens is 402 g/mol. The zero-order valence-corrected chi connectivity index (χ0v) is 15.5. The summed E-state index contributed by atoms with van der Waals surface area (Å²) in [7, 11) is 1.75. The third-order valence-corrected chi connectivity index (χ3v) is 4.89. The molecule has 0 saturated carbocycles. The SMILES string of the molecule is Cn1cc(Br)cc1C(=O)NNC(=O)CCSc1ccccc1Cl. The molecule has 2 rings (SSSR count). The van der Waals surface area contributed by atoms with Gasteiger partial charge in [0.05, 0.1) is 5.02 Å². The number of hydrogen-bond acceptors (Lipinski definition) is 3. The molecule has 2 aromatic rings. The van der Waals surface area contributed by atoms with Crippen LogP contribution in [0.4, 0.5) is 0 Å². The Hall–Kier alpha value is -1.44. The Morgan fingerprint density at radius 1 is 1.30 bits per heavy atom. The van der Waals surface area contributed by atoms with Crippen LogP contribution in [-0.4, -0.2) is 22.1 Å². The Labute approximate surface area is 151 Å². The maximum Gasteiger partial charge on any atom is 0.286 e. The molecule has 0 radical (unpaired) electrons. The Kier molecular flexibility index (Phi) is 6.56. The molecule has 2 N–H and O–H groups in total. The summed E-state index contributed by atoms with van der Waals surface area (Å²) in [4.78, 5) is 24.6. The van der Waals surface area contributed by atoms with E-state index in [-0.39, 0.29) is 18.2 Å². The van der Waals surface area contributed by atoms with Crippen molar-refractivity contribution < 1.29 is 9.59 Å². The van der Waals surface area contributed by atoms with E-state index in [1.807, 2.05) is 24.3 Å². The fourth-order valence-corrected chi connectivity index (χ4v) is 3.53. The van der Waals surface area contributed by atoms with E-state index >= 15 is 0 Å². The van der Waals surface area contributed by atoms with Crippen molar-refractivity contribution in [3.63, 3.8) is 0 Å². The number of carbonyl (C=O) groups is 2. The van der Waals surface area contributed by atoms with Gasteiger partial charge in [0, 0.05) is 34.8 Å². The van der Waals surface area contributed by atoms with Gasteiger partial charge in [-0.15, -0.1) is 11.8 Å². The van der Waals surface area contributed by atoms with Crippen molar-refractivity contribution in [3.05, 3.63) is 51.7 Å². The average molecular weight is 417 g/mol. The molecule has 8 heteroatoms. The van der Waals surface area contributed by atoms with E-state index in [9.17, 15) is 9.59 Å². The van der Waals surface area contributed by atoms with Crippen LogP contribution in [-0.2, 0) is 11.8 Å². The van der Waals surface area contributed by atoms with Gasteiger partial charge in [-0.25, -0.2) is 0 Å². The van der Waals surface area contributed by atoms with Gasteiger partial charge in [-0.3, -0.25) is 20.4 Å². The first-order valence-electron chi connectivity index (χ1n) is 6.75. The first-order valence-corrected chi connectivity index (χ1v) is 8.91. The number of nitrogens with one attached hydrogen (secondary N) is 2. The summed E-state index contributed by atoms with van der Waals surface area (Å²) in [5.74, 6) is -0.0577. The standard InChI is InChI=1S/C15H15BrClN3O2S/c1-20-9-10(16)8-12(20)15(22)19-18-14(21)6-7-23-13-5-3-2-4-11(13)17/h2-5,8-9H,6-7H2,1H3,(H,18,21)(H,19,22). The number of aromatic nitrogens is 1. The lowest BCUT2D eigenvalue weighted by Gasteiger charge is -2.08. The second-order valence-corrected chi connectivity index (χ2v) is 7.15. The highest BCUT2D eigenvalue weighted by molar-refractivity contribution is 9.10. The third-order valence-electron chi connectivity index (χ3n) is 2.94. The summed E-state index contributed by atoms with van der Waals surface area (Å²) >= 11 is 10.8. The summed E-state index contributed by atoms with van der Waals surface area (Å²) in [5, 5.41) is 0.667. The number of nitrogens with zero attached hydrogens (tertiary/aromatic N) is 1. The number of thioether (sulfide) groups is 1. The molecule has 5 nitrogen and oxygen atoms in total. The van der Waals surface area contributed by atoms with E-state index in [1.54, 1.807) is 23.9 Å². The topological polar surface area (TPSA) is 63.1 Å². The number of rotatable bonds is 5. The second kappa shape index (κ2) is 8.42. The molecule has 2 amide bonds. The zero-order chi connectivity index (χ0) is 16.8. The lowest BCUT2D eigenvalue weighted by Crippen LogP contribution is -2.42. The van der Waals surface area contributed by atoms with Crippen LogP contribution in [0.1, 0.15) is 16.9 Å². The van der Waals surface area contributed by atoms with E-state index in [2.05, 4.69) is 26.8 Å². The lowest BCUT2D eigenvalue weighted by molar-refractivity contribution is -0.121.